The summed E-state index contributed by atoms with van der Waals surface area (Å²) in [5, 5.41) is 7.99. The largest absolute Gasteiger partial charge is 0.449 e. The van der Waals surface area contributed by atoms with Gasteiger partial charge in [0.05, 0.1) is 10.5 Å². The van der Waals surface area contributed by atoms with E-state index in [2.05, 4.69) is 14.9 Å². The van der Waals surface area contributed by atoms with Crippen LogP contribution in [-0.2, 0) is 21.3 Å². The van der Waals surface area contributed by atoms with Gasteiger partial charge in [0.25, 0.3) is 5.89 Å². The van der Waals surface area contributed by atoms with Gasteiger partial charge >= 0.3 is 5.97 Å². The highest BCUT2D eigenvalue weighted by Crippen LogP contribution is 2.24. The molecule has 0 aliphatic rings. The van der Waals surface area contributed by atoms with Crippen molar-refractivity contribution in [3.63, 3.8) is 0 Å². The molecule has 1 unspecified atom stereocenters. The number of rotatable bonds is 8. The van der Waals surface area contributed by atoms with E-state index in [-0.39, 0.29) is 22.9 Å². The first-order valence-corrected chi connectivity index (χ1v) is 12.1. The highest BCUT2D eigenvalue weighted by molar-refractivity contribution is 7.89. The van der Waals surface area contributed by atoms with Crippen LogP contribution in [0.1, 0.15) is 40.4 Å². The van der Waals surface area contributed by atoms with Crippen LogP contribution in [0.2, 0.25) is 0 Å². The van der Waals surface area contributed by atoms with Gasteiger partial charge in [-0.05, 0) is 49.7 Å². The van der Waals surface area contributed by atoms with E-state index in [0.29, 0.717) is 5.89 Å². The lowest BCUT2D eigenvalue weighted by Gasteiger charge is -2.11. The molecule has 4 aromatic rings. The summed E-state index contributed by atoms with van der Waals surface area (Å²) in [6.45, 7) is 3.71. The lowest BCUT2D eigenvalue weighted by atomic mass is 10.1. The maximum Gasteiger partial charge on any atom is 0.338 e. The normalized spacial score (nSPS) is 12.3. The van der Waals surface area contributed by atoms with Gasteiger partial charge in [0.2, 0.25) is 15.9 Å². The van der Waals surface area contributed by atoms with Crippen molar-refractivity contribution in [1.82, 2.24) is 14.9 Å². The average molecular weight is 478 g/mol. The minimum Gasteiger partial charge on any atom is -0.449 e. The molecule has 1 atom stereocenters. The number of carbonyl (C=O) groups excluding carboxylic acids is 1. The molecule has 0 fully saturated rings. The molecular weight excluding hydrogens is 454 g/mol. The van der Waals surface area contributed by atoms with Crippen LogP contribution in [0.25, 0.3) is 11.5 Å². The number of sulfonamides is 1. The Hall–Kier alpha value is -3.82. The Morgan fingerprint density at radius 1 is 1.00 bits per heavy atom. The quantitative estimate of drug-likeness (QED) is 0.373. The fourth-order valence-electron chi connectivity index (χ4n) is 3.14. The van der Waals surface area contributed by atoms with Gasteiger partial charge in [-0.3, -0.25) is 0 Å². The van der Waals surface area contributed by atoms with E-state index in [4.69, 9.17) is 9.15 Å². The number of aromatic nitrogens is 2. The molecule has 0 radical (unpaired) electrons. The second-order valence-electron chi connectivity index (χ2n) is 7.70. The summed E-state index contributed by atoms with van der Waals surface area (Å²) in [5.41, 5.74) is 2.77. The van der Waals surface area contributed by atoms with Gasteiger partial charge in [-0.1, -0.05) is 54.1 Å². The Kier molecular flexibility index (Phi) is 6.85. The second-order valence-corrected chi connectivity index (χ2v) is 9.46. The van der Waals surface area contributed by atoms with Gasteiger partial charge in [0.1, 0.15) is 0 Å². The molecule has 0 saturated carbocycles. The summed E-state index contributed by atoms with van der Waals surface area (Å²) >= 11 is 0. The van der Waals surface area contributed by atoms with Crippen molar-refractivity contribution in [2.45, 2.75) is 31.4 Å². The molecule has 34 heavy (non-hydrogen) atoms. The standard InChI is InChI=1S/C25H23N3O5S/c1-17-11-13-20(14-12-17)24-28-27-23(33-24)18(2)32-25(29)21-9-6-10-22(15-21)34(30,31)26-16-19-7-4-3-5-8-19/h3-15,18,26H,16H2,1-2H3. The van der Waals surface area contributed by atoms with Crippen molar-refractivity contribution in [3.8, 4) is 11.5 Å². The SMILES string of the molecule is Cc1ccc(-c2nnc(C(C)OC(=O)c3cccc(S(=O)(=O)NCc4ccccc4)c3)o2)cc1. The summed E-state index contributed by atoms with van der Waals surface area (Å²) in [7, 11) is -3.82. The summed E-state index contributed by atoms with van der Waals surface area (Å²) in [5.74, 6) is -0.254. The molecule has 174 valence electrons. The minimum absolute atomic E-state index is 0.0371. The van der Waals surface area contributed by atoms with Crippen LogP contribution in [0.4, 0.5) is 0 Å². The van der Waals surface area contributed by atoms with Crippen molar-refractivity contribution in [2.75, 3.05) is 0 Å². The van der Waals surface area contributed by atoms with Gasteiger partial charge in [0.15, 0.2) is 6.10 Å². The van der Waals surface area contributed by atoms with Crippen LogP contribution >= 0.6 is 0 Å². The van der Waals surface area contributed by atoms with Crippen LogP contribution in [0.15, 0.2) is 88.2 Å². The molecule has 3 aromatic carbocycles. The number of nitrogens with zero attached hydrogens (tertiary/aromatic N) is 2. The van der Waals surface area contributed by atoms with E-state index in [1.807, 2.05) is 61.5 Å². The zero-order valence-corrected chi connectivity index (χ0v) is 19.5. The van der Waals surface area contributed by atoms with E-state index in [0.717, 1.165) is 16.7 Å². The third-order valence-electron chi connectivity index (χ3n) is 5.06. The van der Waals surface area contributed by atoms with Crippen LogP contribution in [-0.4, -0.2) is 24.6 Å². The number of nitrogens with one attached hydrogen (secondary N) is 1. The maximum atomic E-state index is 12.7. The Bertz CT molecular complexity index is 1380. The summed E-state index contributed by atoms with van der Waals surface area (Å²) in [6, 6.07) is 22.4. The van der Waals surface area contributed by atoms with Gasteiger partial charge < -0.3 is 9.15 Å². The van der Waals surface area contributed by atoms with Gasteiger partial charge in [0, 0.05) is 12.1 Å². The van der Waals surface area contributed by atoms with Crippen molar-refractivity contribution < 1.29 is 22.4 Å². The molecule has 1 N–H and O–H groups in total. The second kappa shape index (κ2) is 9.98. The Morgan fingerprint density at radius 2 is 1.74 bits per heavy atom. The predicted molar refractivity (Wildman–Crippen MR) is 125 cm³/mol. The monoisotopic (exact) mass is 477 g/mol. The Morgan fingerprint density at radius 3 is 2.47 bits per heavy atom. The molecule has 0 amide bonds. The summed E-state index contributed by atoms with van der Waals surface area (Å²) < 4.78 is 39.0. The van der Waals surface area contributed by atoms with Gasteiger partial charge in [-0.2, -0.15) is 0 Å². The Labute approximate surface area is 197 Å². The first-order valence-electron chi connectivity index (χ1n) is 10.6. The van der Waals surface area contributed by atoms with E-state index < -0.39 is 22.1 Å². The van der Waals surface area contributed by atoms with Crippen molar-refractivity contribution >= 4 is 16.0 Å². The number of hydrogen-bond donors (Lipinski definition) is 1. The number of hydrogen-bond acceptors (Lipinski definition) is 7. The summed E-state index contributed by atoms with van der Waals surface area (Å²) in [6.07, 6.45) is -0.823. The van der Waals surface area contributed by atoms with Gasteiger partial charge in [-0.15, -0.1) is 10.2 Å². The molecule has 1 aromatic heterocycles. The molecule has 0 bridgehead atoms. The van der Waals surface area contributed by atoms with E-state index >= 15 is 0 Å². The maximum absolute atomic E-state index is 12.7. The topological polar surface area (TPSA) is 111 Å². The van der Waals surface area contributed by atoms with Crippen LogP contribution in [0.5, 0.6) is 0 Å². The third-order valence-corrected chi connectivity index (χ3v) is 6.46. The average Bonchev–Trinajstić information content (AvgIpc) is 3.34. The van der Waals surface area contributed by atoms with Crippen LogP contribution in [0.3, 0.4) is 0 Å². The predicted octanol–water partition coefficient (Wildman–Crippen LogP) is 4.44. The number of esters is 1. The lowest BCUT2D eigenvalue weighted by molar-refractivity contribution is 0.0279. The van der Waals surface area contributed by atoms with Crippen LogP contribution in [0, 0.1) is 6.92 Å². The fourth-order valence-corrected chi connectivity index (χ4v) is 4.20. The van der Waals surface area contributed by atoms with Gasteiger partial charge in [-0.25, -0.2) is 17.9 Å². The molecule has 4 rings (SSSR count). The molecule has 1 heterocycles. The molecule has 9 heteroatoms. The smallest absolute Gasteiger partial charge is 0.338 e. The van der Waals surface area contributed by atoms with E-state index in [1.165, 1.54) is 24.3 Å². The molecular formula is C25H23N3O5S. The Balaban J connectivity index is 1.43. The highest BCUT2D eigenvalue weighted by atomic mass is 32.2. The first kappa shape index (κ1) is 23.3. The van der Waals surface area contributed by atoms with E-state index in [9.17, 15) is 13.2 Å². The molecule has 0 spiro atoms. The first-order chi connectivity index (χ1) is 16.3. The van der Waals surface area contributed by atoms with Crippen molar-refractivity contribution in [1.29, 1.82) is 0 Å². The number of carbonyl (C=O) groups is 1. The van der Waals surface area contributed by atoms with Crippen molar-refractivity contribution in [3.05, 3.63) is 101 Å². The fraction of sp³-hybridized carbons (Fsp3) is 0.160. The molecule has 8 nitrogen and oxygen atoms in total. The van der Waals surface area contributed by atoms with Crippen LogP contribution < -0.4 is 4.72 Å². The van der Waals surface area contributed by atoms with Crippen molar-refractivity contribution in [2.24, 2.45) is 0 Å². The highest BCUT2D eigenvalue weighted by Gasteiger charge is 2.22. The summed E-state index contributed by atoms with van der Waals surface area (Å²) in [4.78, 5) is 12.6. The zero-order valence-electron chi connectivity index (χ0n) is 18.6. The third kappa shape index (κ3) is 5.56. The minimum atomic E-state index is -3.82. The molecule has 0 aliphatic heterocycles. The number of aryl methyl sites for hydroxylation is 1. The molecule has 0 saturated heterocycles. The zero-order chi connectivity index (χ0) is 24.1. The molecule has 0 aliphatic carbocycles. The number of ether oxygens (including phenoxy) is 1. The number of benzene rings is 3. The van der Waals surface area contributed by atoms with E-state index in [1.54, 1.807) is 6.92 Å². The lowest BCUT2D eigenvalue weighted by Crippen LogP contribution is -2.23.